The molecule has 0 bridgehead atoms. The number of benzene rings is 1. The van der Waals surface area contributed by atoms with Gasteiger partial charge in [0.1, 0.15) is 5.75 Å². The number of ether oxygens (including phenoxy) is 1. The zero-order valence-electron chi connectivity index (χ0n) is 9.67. The van der Waals surface area contributed by atoms with E-state index >= 15 is 0 Å². The molecule has 0 radical (unpaired) electrons. The lowest BCUT2D eigenvalue weighted by Crippen LogP contribution is -2.09. The second-order valence-corrected chi connectivity index (χ2v) is 4.45. The molecule has 3 nitrogen and oxygen atoms in total. The third-order valence-electron chi connectivity index (χ3n) is 2.77. The van der Waals surface area contributed by atoms with E-state index in [1.54, 1.807) is 0 Å². The van der Waals surface area contributed by atoms with Crippen molar-refractivity contribution in [3.05, 3.63) is 23.8 Å². The zero-order valence-corrected chi connectivity index (χ0v) is 10.4. The van der Waals surface area contributed by atoms with Gasteiger partial charge < -0.3 is 10.1 Å². The van der Waals surface area contributed by atoms with Crippen molar-refractivity contribution in [3.8, 4) is 5.75 Å². The van der Waals surface area contributed by atoms with Gasteiger partial charge in [-0.3, -0.25) is 4.79 Å². The molecule has 2 rings (SSSR count). The van der Waals surface area contributed by atoms with Crippen LogP contribution in [-0.2, 0) is 11.2 Å². The molecule has 1 amide bonds. The summed E-state index contributed by atoms with van der Waals surface area (Å²) in [6.45, 7) is 0.619. The summed E-state index contributed by atoms with van der Waals surface area (Å²) >= 11 is 5.62. The minimum atomic E-state index is 0.0849. The van der Waals surface area contributed by atoms with Crippen molar-refractivity contribution in [1.82, 2.24) is 0 Å². The lowest BCUT2D eigenvalue weighted by molar-refractivity contribution is -0.116. The van der Waals surface area contributed by atoms with Gasteiger partial charge in [0.05, 0.1) is 6.61 Å². The van der Waals surface area contributed by atoms with Crippen LogP contribution in [0.5, 0.6) is 5.75 Å². The predicted octanol–water partition coefficient (Wildman–Crippen LogP) is 2.97. The molecule has 0 aliphatic carbocycles. The van der Waals surface area contributed by atoms with Crippen LogP contribution in [0.15, 0.2) is 18.2 Å². The highest BCUT2D eigenvalue weighted by atomic mass is 35.5. The number of hydrogen-bond donors (Lipinski definition) is 1. The molecule has 1 N–H and O–H groups in total. The molecule has 4 heteroatoms. The SMILES string of the molecule is O=C1CCCc2c(cccc2OCCCCl)N1. The molecule has 1 aromatic carbocycles. The molecule has 1 aliphatic heterocycles. The maximum absolute atomic E-state index is 11.4. The highest BCUT2D eigenvalue weighted by Gasteiger charge is 2.16. The zero-order chi connectivity index (χ0) is 12.1. The molecule has 17 heavy (non-hydrogen) atoms. The van der Waals surface area contributed by atoms with Crippen molar-refractivity contribution >= 4 is 23.2 Å². The summed E-state index contributed by atoms with van der Waals surface area (Å²) in [5.41, 5.74) is 1.99. The summed E-state index contributed by atoms with van der Waals surface area (Å²) in [6, 6.07) is 5.78. The Labute approximate surface area is 106 Å². The number of amides is 1. The minimum absolute atomic E-state index is 0.0849. The second kappa shape index (κ2) is 5.92. The number of rotatable bonds is 4. The van der Waals surface area contributed by atoms with Gasteiger partial charge in [-0.25, -0.2) is 0 Å². The summed E-state index contributed by atoms with van der Waals surface area (Å²) in [5.74, 6) is 1.56. The van der Waals surface area contributed by atoms with Crippen LogP contribution in [0, 0.1) is 0 Å². The first kappa shape index (κ1) is 12.2. The average Bonchev–Trinajstić information content (AvgIpc) is 2.50. The highest BCUT2D eigenvalue weighted by Crippen LogP contribution is 2.30. The van der Waals surface area contributed by atoms with Gasteiger partial charge in [-0.2, -0.15) is 0 Å². The molecule has 0 fully saturated rings. The molecular weight excluding hydrogens is 238 g/mol. The van der Waals surface area contributed by atoms with Gasteiger partial charge in [-0.15, -0.1) is 11.6 Å². The fraction of sp³-hybridized carbons (Fsp3) is 0.462. The lowest BCUT2D eigenvalue weighted by Gasteiger charge is -2.13. The fourth-order valence-electron chi connectivity index (χ4n) is 1.95. The van der Waals surface area contributed by atoms with Crippen molar-refractivity contribution in [3.63, 3.8) is 0 Å². The van der Waals surface area contributed by atoms with E-state index < -0.39 is 0 Å². The maximum atomic E-state index is 11.4. The number of hydrogen-bond acceptors (Lipinski definition) is 2. The maximum Gasteiger partial charge on any atom is 0.224 e. The number of nitrogens with one attached hydrogen (secondary N) is 1. The summed E-state index contributed by atoms with van der Waals surface area (Å²) in [7, 11) is 0. The van der Waals surface area contributed by atoms with Crippen LogP contribution in [0.2, 0.25) is 0 Å². The minimum Gasteiger partial charge on any atom is -0.493 e. The Bertz CT molecular complexity index is 406. The molecule has 1 heterocycles. The van der Waals surface area contributed by atoms with E-state index in [1.165, 1.54) is 0 Å². The van der Waals surface area contributed by atoms with E-state index in [2.05, 4.69) is 5.32 Å². The molecule has 0 aromatic heterocycles. The third-order valence-corrected chi connectivity index (χ3v) is 3.04. The standard InChI is InChI=1S/C13H16ClNO2/c14-8-3-9-17-12-6-2-5-11-10(12)4-1-7-13(16)15-11/h2,5-6H,1,3-4,7-9H2,(H,15,16). The van der Waals surface area contributed by atoms with Crippen LogP contribution >= 0.6 is 11.6 Å². The Morgan fingerprint density at radius 2 is 2.24 bits per heavy atom. The number of anilines is 1. The molecule has 0 atom stereocenters. The summed E-state index contributed by atoms with van der Waals surface area (Å²) in [4.78, 5) is 11.4. The number of carbonyl (C=O) groups excluding carboxylic acids is 1. The van der Waals surface area contributed by atoms with E-state index in [4.69, 9.17) is 16.3 Å². The third kappa shape index (κ3) is 3.13. The quantitative estimate of drug-likeness (QED) is 0.662. The van der Waals surface area contributed by atoms with Crippen LogP contribution in [0.3, 0.4) is 0 Å². The van der Waals surface area contributed by atoms with E-state index in [0.29, 0.717) is 18.9 Å². The van der Waals surface area contributed by atoms with Crippen LogP contribution in [-0.4, -0.2) is 18.4 Å². The van der Waals surface area contributed by atoms with Crippen molar-refractivity contribution in [2.24, 2.45) is 0 Å². The Balaban J connectivity index is 2.17. The summed E-state index contributed by atoms with van der Waals surface area (Å²) in [5, 5.41) is 2.91. The van der Waals surface area contributed by atoms with Crippen LogP contribution < -0.4 is 10.1 Å². The van der Waals surface area contributed by atoms with Gasteiger partial charge in [0.15, 0.2) is 0 Å². The largest absolute Gasteiger partial charge is 0.493 e. The molecule has 1 aliphatic rings. The molecule has 92 valence electrons. The van der Waals surface area contributed by atoms with Crippen molar-refractivity contribution in [1.29, 1.82) is 0 Å². The predicted molar refractivity (Wildman–Crippen MR) is 68.8 cm³/mol. The Kier molecular flexibility index (Phi) is 4.26. The van der Waals surface area contributed by atoms with Gasteiger partial charge in [-0.05, 0) is 31.4 Å². The molecule has 1 aromatic rings. The Morgan fingerprint density at radius 3 is 3.06 bits per heavy atom. The van der Waals surface area contributed by atoms with Crippen molar-refractivity contribution in [2.75, 3.05) is 17.8 Å². The average molecular weight is 254 g/mol. The molecule has 0 unspecified atom stereocenters. The number of carbonyl (C=O) groups is 1. The molecule has 0 spiro atoms. The smallest absolute Gasteiger partial charge is 0.224 e. The summed E-state index contributed by atoms with van der Waals surface area (Å²) in [6.07, 6.45) is 3.16. The molecule has 0 saturated carbocycles. The van der Waals surface area contributed by atoms with Crippen LogP contribution in [0.25, 0.3) is 0 Å². The van der Waals surface area contributed by atoms with E-state index in [0.717, 1.165) is 36.3 Å². The van der Waals surface area contributed by atoms with Gasteiger partial charge in [0.2, 0.25) is 5.91 Å². The van der Waals surface area contributed by atoms with E-state index in [-0.39, 0.29) is 5.91 Å². The van der Waals surface area contributed by atoms with Crippen LogP contribution in [0.4, 0.5) is 5.69 Å². The first-order chi connectivity index (χ1) is 8.31. The fourth-order valence-corrected chi connectivity index (χ4v) is 2.06. The van der Waals surface area contributed by atoms with Gasteiger partial charge >= 0.3 is 0 Å². The van der Waals surface area contributed by atoms with Gasteiger partial charge in [0.25, 0.3) is 0 Å². The second-order valence-electron chi connectivity index (χ2n) is 4.07. The Hall–Kier alpha value is -1.22. The number of halogens is 1. The number of alkyl halides is 1. The van der Waals surface area contributed by atoms with E-state index in [9.17, 15) is 4.79 Å². The highest BCUT2D eigenvalue weighted by molar-refractivity contribution is 6.17. The normalized spacial score (nSPS) is 14.8. The monoisotopic (exact) mass is 253 g/mol. The van der Waals surface area contributed by atoms with Crippen molar-refractivity contribution in [2.45, 2.75) is 25.7 Å². The summed E-state index contributed by atoms with van der Waals surface area (Å²) < 4.78 is 5.70. The molecular formula is C13H16ClNO2. The first-order valence-corrected chi connectivity index (χ1v) is 6.45. The molecule has 0 saturated heterocycles. The lowest BCUT2D eigenvalue weighted by atomic mass is 10.1. The van der Waals surface area contributed by atoms with Gasteiger partial charge in [0, 0.05) is 23.6 Å². The van der Waals surface area contributed by atoms with Crippen LogP contribution in [0.1, 0.15) is 24.8 Å². The topological polar surface area (TPSA) is 38.3 Å². The first-order valence-electron chi connectivity index (χ1n) is 5.92. The van der Waals surface area contributed by atoms with Crippen molar-refractivity contribution < 1.29 is 9.53 Å². The Morgan fingerprint density at radius 1 is 1.35 bits per heavy atom. The van der Waals surface area contributed by atoms with E-state index in [1.807, 2.05) is 18.2 Å². The van der Waals surface area contributed by atoms with Gasteiger partial charge in [-0.1, -0.05) is 6.07 Å². The number of fused-ring (bicyclic) bond motifs is 1.